The molecule has 0 fully saturated rings. The van der Waals surface area contributed by atoms with Crippen LogP contribution in [-0.2, 0) is 6.54 Å². The molecule has 88 valence electrons. The number of aliphatic hydroxyl groups is 1. The maximum atomic E-state index is 11.3. The third-order valence-corrected chi connectivity index (χ3v) is 2.26. The van der Waals surface area contributed by atoms with Crippen LogP contribution in [0.15, 0.2) is 12.1 Å². The number of hydrogen-bond acceptors (Lipinski definition) is 4. The molecule has 0 spiro atoms. The Morgan fingerprint density at radius 3 is 2.81 bits per heavy atom. The van der Waals surface area contributed by atoms with E-state index in [4.69, 9.17) is 5.11 Å². The topological polar surface area (TPSA) is 74.2 Å². The molecule has 5 nitrogen and oxygen atoms in total. The first-order chi connectivity index (χ1) is 7.69. The third kappa shape index (κ3) is 3.29. The number of amides is 1. The molecule has 0 radical (unpaired) electrons. The fourth-order valence-electron chi connectivity index (χ4n) is 1.33. The van der Waals surface area contributed by atoms with Crippen molar-refractivity contribution in [2.75, 3.05) is 20.2 Å². The Bertz CT molecular complexity index is 366. The minimum absolute atomic E-state index is 0.114. The van der Waals surface area contributed by atoms with Gasteiger partial charge in [0.2, 0.25) is 0 Å². The first-order valence-corrected chi connectivity index (χ1v) is 5.19. The average molecular weight is 223 g/mol. The minimum Gasteiger partial charge on any atom is -0.395 e. The molecule has 1 aromatic heterocycles. The molecule has 1 heterocycles. The van der Waals surface area contributed by atoms with Gasteiger partial charge < -0.3 is 15.7 Å². The van der Waals surface area contributed by atoms with Crippen LogP contribution in [0.4, 0.5) is 0 Å². The Hall–Kier alpha value is -1.46. The summed E-state index contributed by atoms with van der Waals surface area (Å²) in [6.07, 6.45) is 0. The van der Waals surface area contributed by atoms with Crippen LogP contribution < -0.4 is 10.6 Å². The molecule has 0 saturated carbocycles. The lowest BCUT2D eigenvalue weighted by molar-refractivity contribution is 0.0958. The number of nitrogens with one attached hydrogen (secondary N) is 2. The summed E-state index contributed by atoms with van der Waals surface area (Å²) in [5.41, 5.74) is 2.28. The smallest absolute Gasteiger partial charge is 0.269 e. The van der Waals surface area contributed by atoms with Crippen molar-refractivity contribution in [3.63, 3.8) is 0 Å². The Morgan fingerprint density at radius 2 is 2.25 bits per heavy atom. The van der Waals surface area contributed by atoms with Crippen LogP contribution >= 0.6 is 0 Å². The first kappa shape index (κ1) is 12.6. The SMILES string of the molecule is CNC(=O)c1ccc(CNCCO)c(C)n1. The van der Waals surface area contributed by atoms with E-state index in [0.717, 1.165) is 11.3 Å². The molecule has 0 atom stereocenters. The molecule has 1 aromatic rings. The van der Waals surface area contributed by atoms with Gasteiger partial charge in [0.05, 0.1) is 6.61 Å². The first-order valence-electron chi connectivity index (χ1n) is 5.19. The van der Waals surface area contributed by atoms with Gasteiger partial charge in [0.25, 0.3) is 5.91 Å². The number of aryl methyl sites for hydroxylation is 1. The molecule has 0 aromatic carbocycles. The zero-order chi connectivity index (χ0) is 12.0. The van der Waals surface area contributed by atoms with Gasteiger partial charge >= 0.3 is 0 Å². The third-order valence-electron chi connectivity index (χ3n) is 2.26. The number of rotatable bonds is 5. The maximum Gasteiger partial charge on any atom is 0.269 e. The lowest BCUT2D eigenvalue weighted by Gasteiger charge is -2.07. The number of carbonyl (C=O) groups is 1. The molecule has 0 aliphatic rings. The fourth-order valence-corrected chi connectivity index (χ4v) is 1.33. The number of carbonyl (C=O) groups excluding carboxylic acids is 1. The van der Waals surface area contributed by atoms with Gasteiger partial charge in [0, 0.05) is 25.8 Å². The van der Waals surface area contributed by atoms with Gasteiger partial charge in [-0.05, 0) is 18.6 Å². The molecule has 0 aliphatic heterocycles. The molecule has 1 rings (SSSR count). The zero-order valence-electron chi connectivity index (χ0n) is 9.58. The standard InChI is InChI=1S/C11H17N3O2/c1-8-9(7-13-5-6-15)3-4-10(14-8)11(16)12-2/h3-4,13,15H,5-7H2,1-2H3,(H,12,16). The van der Waals surface area contributed by atoms with Crippen molar-refractivity contribution in [2.24, 2.45) is 0 Å². The van der Waals surface area contributed by atoms with Crippen LogP contribution in [0.25, 0.3) is 0 Å². The van der Waals surface area contributed by atoms with E-state index in [1.807, 2.05) is 13.0 Å². The van der Waals surface area contributed by atoms with Crippen molar-refractivity contribution in [3.8, 4) is 0 Å². The van der Waals surface area contributed by atoms with Crippen LogP contribution in [0.5, 0.6) is 0 Å². The maximum absolute atomic E-state index is 11.3. The largest absolute Gasteiger partial charge is 0.395 e. The second-order valence-electron chi connectivity index (χ2n) is 3.42. The molecule has 16 heavy (non-hydrogen) atoms. The highest BCUT2D eigenvalue weighted by Gasteiger charge is 2.07. The Balaban J connectivity index is 2.71. The highest BCUT2D eigenvalue weighted by molar-refractivity contribution is 5.92. The van der Waals surface area contributed by atoms with Gasteiger partial charge in [-0.2, -0.15) is 0 Å². The van der Waals surface area contributed by atoms with Crippen LogP contribution in [-0.4, -0.2) is 36.2 Å². The zero-order valence-corrected chi connectivity index (χ0v) is 9.58. The highest BCUT2D eigenvalue weighted by atomic mass is 16.3. The normalized spacial score (nSPS) is 10.2. The lowest BCUT2D eigenvalue weighted by Crippen LogP contribution is -2.21. The Labute approximate surface area is 94.9 Å². The van der Waals surface area contributed by atoms with Gasteiger partial charge in [-0.25, -0.2) is 4.98 Å². The number of aromatic nitrogens is 1. The van der Waals surface area contributed by atoms with Crippen LogP contribution in [0.3, 0.4) is 0 Å². The Kier molecular flexibility index (Phi) is 4.88. The second-order valence-corrected chi connectivity index (χ2v) is 3.42. The number of aliphatic hydroxyl groups excluding tert-OH is 1. The molecular weight excluding hydrogens is 206 g/mol. The van der Waals surface area contributed by atoms with Crippen molar-refractivity contribution in [2.45, 2.75) is 13.5 Å². The second kappa shape index (κ2) is 6.19. The summed E-state index contributed by atoms with van der Waals surface area (Å²) < 4.78 is 0. The molecule has 0 unspecified atom stereocenters. The predicted molar refractivity (Wildman–Crippen MR) is 61.2 cm³/mol. The minimum atomic E-state index is -0.182. The van der Waals surface area contributed by atoms with Gasteiger partial charge in [-0.15, -0.1) is 0 Å². The summed E-state index contributed by atoms with van der Waals surface area (Å²) in [5, 5.41) is 14.2. The summed E-state index contributed by atoms with van der Waals surface area (Å²) in [7, 11) is 1.58. The van der Waals surface area contributed by atoms with E-state index in [9.17, 15) is 4.79 Å². The Morgan fingerprint density at radius 1 is 1.50 bits per heavy atom. The van der Waals surface area contributed by atoms with E-state index >= 15 is 0 Å². The summed E-state index contributed by atoms with van der Waals surface area (Å²) in [4.78, 5) is 15.5. The summed E-state index contributed by atoms with van der Waals surface area (Å²) in [6, 6.07) is 3.57. The lowest BCUT2D eigenvalue weighted by atomic mass is 10.2. The highest BCUT2D eigenvalue weighted by Crippen LogP contribution is 2.06. The van der Waals surface area contributed by atoms with E-state index < -0.39 is 0 Å². The van der Waals surface area contributed by atoms with Crippen molar-refractivity contribution in [1.82, 2.24) is 15.6 Å². The summed E-state index contributed by atoms with van der Waals surface area (Å²) >= 11 is 0. The molecule has 5 heteroatoms. The van der Waals surface area contributed by atoms with Gasteiger partial charge in [0.1, 0.15) is 5.69 Å². The van der Waals surface area contributed by atoms with Gasteiger partial charge in [-0.3, -0.25) is 4.79 Å². The summed E-state index contributed by atoms with van der Waals surface area (Å²) in [5.74, 6) is -0.182. The van der Waals surface area contributed by atoms with E-state index in [0.29, 0.717) is 18.8 Å². The number of pyridine rings is 1. The molecular formula is C11H17N3O2. The van der Waals surface area contributed by atoms with Crippen LogP contribution in [0, 0.1) is 6.92 Å². The van der Waals surface area contributed by atoms with Crippen molar-refractivity contribution >= 4 is 5.91 Å². The fraction of sp³-hybridized carbons (Fsp3) is 0.455. The molecule has 3 N–H and O–H groups in total. The van der Waals surface area contributed by atoms with Crippen molar-refractivity contribution in [1.29, 1.82) is 0 Å². The number of hydrogen-bond donors (Lipinski definition) is 3. The van der Waals surface area contributed by atoms with E-state index in [-0.39, 0.29) is 12.5 Å². The predicted octanol–water partition coefficient (Wildman–Crippen LogP) is -0.168. The van der Waals surface area contributed by atoms with E-state index in [1.165, 1.54) is 0 Å². The molecule has 0 saturated heterocycles. The van der Waals surface area contributed by atoms with Crippen molar-refractivity contribution < 1.29 is 9.90 Å². The van der Waals surface area contributed by atoms with Crippen LogP contribution in [0.1, 0.15) is 21.7 Å². The van der Waals surface area contributed by atoms with Gasteiger partial charge in [0.15, 0.2) is 0 Å². The van der Waals surface area contributed by atoms with E-state index in [1.54, 1.807) is 13.1 Å². The average Bonchev–Trinajstić information content (AvgIpc) is 2.30. The van der Waals surface area contributed by atoms with Crippen LogP contribution in [0.2, 0.25) is 0 Å². The monoisotopic (exact) mass is 223 g/mol. The molecule has 1 amide bonds. The molecule has 0 bridgehead atoms. The summed E-state index contributed by atoms with van der Waals surface area (Å²) in [6.45, 7) is 3.18. The quantitative estimate of drug-likeness (QED) is 0.606. The van der Waals surface area contributed by atoms with E-state index in [2.05, 4.69) is 15.6 Å². The molecule has 0 aliphatic carbocycles. The number of nitrogens with zero attached hydrogens (tertiary/aromatic N) is 1. The van der Waals surface area contributed by atoms with Gasteiger partial charge in [-0.1, -0.05) is 6.07 Å². The van der Waals surface area contributed by atoms with Crippen molar-refractivity contribution in [3.05, 3.63) is 29.1 Å².